The van der Waals surface area contributed by atoms with Gasteiger partial charge in [0.1, 0.15) is 6.54 Å². The number of fused-ring (bicyclic) bond motifs is 1. The van der Waals surface area contributed by atoms with Crippen LogP contribution in [0.15, 0.2) is 53.5 Å². The molecule has 0 radical (unpaired) electrons. The minimum atomic E-state index is -0.296. The Morgan fingerprint density at radius 3 is 2.83 bits per heavy atom. The van der Waals surface area contributed by atoms with Gasteiger partial charge in [-0.25, -0.2) is 4.68 Å². The normalized spacial score (nSPS) is 13.8. The predicted octanol–water partition coefficient (Wildman–Crippen LogP) is 2.31. The van der Waals surface area contributed by atoms with E-state index in [2.05, 4.69) is 15.4 Å². The molecule has 1 aromatic carbocycles. The van der Waals surface area contributed by atoms with E-state index in [0.29, 0.717) is 11.6 Å². The van der Waals surface area contributed by atoms with Gasteiger partial charge in [-0.15, -0.1) is 0 Å². The molecule has 1 aliphatic rings. The van der Waals surface area contributed by atoms with Crippen molar-refractivity contribution in [2.45, 2.75) is 25.3 Å². The van der Waals surface area contributed by atoms with E-state index in [-0.39, 0.29) is 18.0 Å². The summed E-state index contributed by atoms with van der Waals surface area (Å²) in [5.74, 6) is 0.137. The van der Waals surface area contributed by atoms with Crippen molar-refractivity contribution in [2.75, 3.05) is 5.32 Å². The lowest BCUT2D eigenvalue weighted by Crippen LogP contribution is -2.29. The third kappa shape index (κ3) is 2.90. The number of hydrogen-bond donors (Lipinski definition) is 1. The van der Waals surface area contributed by atoms with Crippen LogP contribution in [0.25, 0.3) is 10.9 Å². The SMILES string of the molecule is O=C(Cn1nc(C2CC2)ccc1=O)Nc1cccc2cccnc12. The average Bonchev–Trinajstić information content (AvgIpc) is 3.42. The van der Waals surface area contributed by atoms with Crippen LogP contribution in [-0.4, -0.2) is 20.7 Å². The zero-order chi connectivity index (χ0) is 16.5. The van der Waals surface area contributed by atoms with Crippen molar-refractivity contribution < 1.29 is 4.79 Å². The van der Waals surface area contributed by atoms with E-state index in [4.69, 9.17) is 0 Å². The van der Waals surface area contributed by atoms with E-state index in [1.165, 1.54) is 10.7 Å². The molecule has 0 aliphatic heterocycles. The second-order valence-electron chi connectivity index (χ2n) is 5.96. The first kappa shape index (κ1) is 14.6. The quantitative estimate of drug-likeness (QED) is 0.800. The molecular weight excluding hydrogens is 304 g/mol. The number of aromatic nitrogens is 3. The lowest BCUT2D eigenvalue weighted by Gasteiger charge is -2.09. The molecule has 2 heterocycles. The van der Waals surface area contributed by atoms with Crippen LogP contribution in [0.3, 0.4) is 0 Å². The predicted molar refractivity (Wildman–Crippen MR) is 90.8 cm³/mol. The minimum Gasteiger partial charge on any atom is -0.323 e. The highest BCUT2D eigenvalue weighted by molar-refractivity contribution is 6.00. The van der Waals surface area contributed by atoms with Gasteiger partial charge in [0, 0.05) is 23.6 Å². The number of hydrogen-bond acceptors (Lipinski definition) is 4. The second kappa shape index (κ2) is 5.88. The summed E-state index contributed by atoms with van der Waals surface area (Å²) in [7, 11) is 0. The topological polar surface area (TPSA) is 76.9 Å². The zero-order valence-corrected chi connectivity index (χ0v) is 13.0. The van der Waals surface area contributed by atoms with Gasteiger partial charge in [0.05, 0.1) is 16.9 Å². The molecule has 6 heteroatoms. The smallest absolute Gasteiger partial charge is 0.267 e. The van der Waals surface area contributed by atoms with Crippen molar-refractivity contribution in [3.63, 3.8) is 0 Å². The number of benzene rings is 1. The second-order valence-corrected chi connectivity index (χ2v) is 5.96. The summed E-state index contributed by atoms with van der Waals surface area (Å²) in [6.45, 7) is -0.109. The molecule has 0 bridgehead atoms. The molecule has 1 fully saturated rings. The van der Waals surface area contributed by atoms with E-state index < -0.39 is 0 Å². The first-order valence-corrected chi connectivity index (χ1v) is 7.92. The molecule has 3 aromatic rings. The fourth-order valence-corrected chi connectivity index (χ4v) is 2.71. The van der Waals surface area contributed by atoms with E-state index in [1.807, 2.05) is 24.3 Å². The Balaban J connectivity index is 1.56. The molecular formula is C18H16N4O2. The number of pyridine rings is 1. The van der Waals surface area contributed by atoms with E-state index >= 15 is 0 Å². The number of anilines is 1. The Kier molecular flexibility index (Phi) is 3.57. The van der Waals surface area contributed by atoms with Gasteiger partial charge in [-0.2, -0.15) is 5.10 Å². The van der Waals surface area contributed by atoms with Gasteiger partial charge < -0.3 is 5.32 Å². The first-order chi connectivity index (χ1) is 11.7. The molecule has 0 atom stereocenters. The van der Waals surface area contributed by atoms with Crippen LogP contribution < -0.4 is 10.9 Å². The molecule has 1 N–H and O–H groups in total. The summed E-state index contributed by atoms with van der Waals surface area (Å²) in [5.41, 5.74) is 1.96. The fraction of sp³-hybridized carbons (Fsp3) is 0.222. The molecule has 0 unspecified atom stereocenters. The summed E-state index contributed by atoms with van der Waals surface area (Å²) in [4.78, 5) is 28.6. The summed E-state index contributed by atoms with van der Waals surface area (Å²) < 4.78 is 1.22. The van der Waals surface area contributed by atoms with Gasteiger partial charge in [-0.05, 0) is 31.0 Å². The molecule has 6 nitrogen and oxygen atoms in total. The van der Waals surface area contributed by atoms with Crippen molar-refractivity contribution in [1.29, 1.82) is 0 Å². The lowest BCUT2D eigenvalue weighted by molar-refractivity contribution is -0.117. The maximum Gasteiger partial charge on any atom is 0.267 e. The molecule has 1 aliphatic carbocycles. The first-order valence-electron chi connectivity index (χ1n) is 7.92. The zero-order valence-electron chi connectivity index (χ0n) is 13.0. The number of nitrogens with one attached hydrogen (secondary N) is 1. The minimum absolute atomic E-state index is 0.109. The van der Waals surface area contributed by atoms with E-state index in [1.54, 1.807) is 18.3 Å². The van der Waals surface area contributed by atoms with Crippen LogP contribution >= 0.6 is 0 Å². The maximum atomic E-state index is 12.3. The van der Waals surface area contributed by atoms with Crippen molar-refractivity contribution in [3.8, 4) is 0 Å². The molecule has 4 rings (SSSR count). The van der Waals surface area contributed by atoms with Gasteiger partial charge in [-0.3, -0.25) is 14.6 Å². The number of para-hydroxylation sites is 1. The van der Waals surface area contributed by atoms with E-state index in [9.17, 15) is 9.59 Å². The Morgan fingerprint density at radius 2 is 2.00 bits per heavy atom. The Bertz CT molecular complexity index is 971. The van der Waals surface area contributed by atoms with Gasteiger partial charge in [-0.1, -0.05) is 18.2 Å². The van der Waals surface area contributed by atoms with Crippen LogP contribution in [0.2, 0.25) is 0 Å². The molecule has 24 heavy (non-hydrogen) atoms. The van der Waals surface area contributed by atoms with Crippen LogP contribution in [0, 0.1) is 0 Å². The van der Waals surface area contributed by atoms with E-state index in [0.717, 1.165) is 29.4 Å². The summed E-state index contributed by atoms with van der Waals surface area (Å²) >= 11 is 0. The highest BCUT2D eigenvalue weighted by Gasteiger charge is 2.25. The molecule has 1 saturated carbocycles. The maximum absolute atomic E-state index is 12.3. The van der Waals surface area contributed by atoms with Crippen molar-refractivity contribution >= 4 is 22.5 Å². The summed E-state index contributed by atoms with van der Waals surface area (Å²) in [5, 5.41) is 8.08. The van der Waals surface area contributed by atoms with Gasteiger partial charge in [0.15, 0.2) is 0 Å². The Hall–Kier alpha value is -3.02. The Morgan fingerprint density at radius 1 is 1.17 bits per heavy atom. The van der Waals surface area contributed by atoms with Gasteiger partial charge in [0.2, 0.25) is 5.91 Å². The molecule has 0 saturated heterocycles. The number of rotatable bonds is 4. The van der Waals surface area contributed by atoms with Crippen molar-refractivity contribution in [2.24, 2.45) is 0 Å². The third-order valence-corrected chi connectivity index (χ3v) is 4.08. The van der Waals surface area contributed by atoms with Crippen LogP contribution in [0.5, 0.6) is 0 Å². The van der Waals surface area contributed by atoms with Crippen LogP contribution in [-0.2, 0) is 11.3 Å². The summed E-state index contributed by atoms with van der Waals surface area (Å²) in [6, 6.07) is 12.6. The number of carbonyl (C=O) groups excluding carboxylic acids is 1. The van der Waals surface area contributed by atoms with Crippen molar-refractivity contribution in [3.05, 3.63) is 64.7 Å². The van der Waals surface area contributed by atoms with Gasteiger partial charge >= 0.3 is 0 Å². The lowest BCUT2D eigenvalue weighted by atomic mass is 10.2. The Labute approximate surface area is 138 Å². The monoisotopic (exact) mass is 320 g/mol. The highest BCUT2D eigenvalue weighted by atomic mass is 16.2. The number of carbonyl (C=O) groups is 1. The standard InChI is InChI=1S/C18H16N4O2/c23-16(11-22-17(24)9-8-14(21-22)12-6-7-12)20-15-5-1-3-13-4-2-10-19-18(13)15/h1-5,8-10,12H,6-7,11H2,(H,20,23). The molecule has 2 aromatic heterocycles. The largest absolute Gasteiger partial charge is 0.323 e. The average molecular weight is 320 g/mol. The number of amides is 1. The van der Waals surface area contributed by atoms with Crippen LogP contribution in [0.4, 0.5) is 5.69 Å². The van der Waals surface area contributed by atoms with Crippen LogP contribution in [0.1, 0.15) is 24.5 Å². The molecule has 120 valence electrons. The van der Waals surface area contributed by atoms with Gasteiger partial charge in [0.25, 0.3) is 5.56 Å². The molecule has 0 spiro atoms. The van der Waals surface area contributed by atoms with Crippen molar-refractivity contribution in [1.82, 2.24) is 14.8 Å². The third-order valence-electron chi connectivity index (χ3n) is 4.08. The summed E-state index contributed by atoms with van der Waals surface area (Å²) in [6.07, 6.45) is 3.88. The number of nitrogens with zero attached hydrogens (tertiary/aromatic N) is 3. The fourth-order valence-electron chi connectivity index (χ4n) is 2.71. The molecule has 1 amide bonds. The highest BCUT2D eigenvalue weighted by Crippen LogP contribution is 2.38.